The Morgan fingerprint density at radius 3 is 2.13 bits per heavy atom. The summed E-state index contributed by atoms with van der Waals surface area (Å²) in [6, 6.07) is 23.4. The number of carbonyl (C=O) groups is 2. The number of rotatable bonds is 5. The van der Waals surface area contributed by atoms with Crippen molar-refractivity contribution in [2.24, 2.45) is 0 Å². The van der Waals surface area contributed by atoms with E-state index >= 15 is 0 Å². The molecule has 0 radical (unpaired) electrons. The van der Waals surface area contributed by atoms with Gasteiger partial charge >= 0.3 is 0 Å². The van der Waals surface area contributed by atoms with Crippen LogP contribution in [0.25, 0.3) is 22.8 Å². The minimum atomic E-state index is -0.308. The van der Waals surface area contributed by atoms with Crippen LogP contribution in [0.5, 0.6) is 0 Å². The van der Waals surface area contributed by atoms with Crippen LogP contribution in [0.15, 0.2) is 83.4 Å². The second-order valence-electron chi connectivity index (χ2n) is 6.55. The molecule has 0 unspecified atom stereocenters. The van der Waals surface area contributed by atoms with Gasteiger partial charge in [0.25, 0.3) is 11.8 Å². The summed E-state index contributed by atoms with van der Waals surface area (Å²) in [5.74, 6) is 0.252. The molecule has 7 nitrogen and oxygen atoms in total. The molecule has 2 N–H and O–H groups in total. The lowest BCUT2D eigenvalue weighted by Crippen LogP contribution is -2.13. The summed E-state index contributed by atoms with van der Waals surface area (Å²) in [7, 11) is 0. The molecule has 1 heterocycles. The third kappa shape index (κ3) is 4.25. The van der Waals surface area contributed by atoms with Gasteiger partial charge in [-0.05, 0) is 36.4 Å². The SMILES string of the molecule is CC(=O)Nc1ccc(NC(=O)c2ccccc2-c2nc(-c3ccccc3)no2)cc1. The molecule has 0 aliphatic carbocycles. The van der Waals surface area contributed by atoms with E-state index in [9.17, 15) is 9.59 Å². The number of carbonyl (C=O) groups excluding carboxylic acids is 2. The summed E-state index contributed by atoms with van der Waals surface area (Å²) in [5, 5.41) is 9.56. The average Bonchev–Trinajstić information content (AvgIpc) is 3.25. The van der Waals surface area contributed by atoms with E-state index in [0.717, 1.165) is 5.56 Å². The van der Waals surface area contributed by atoms with Gasteiger partial charge in [0.1, 0.15) is 0 Å². The van der Waals surface area contributed by atoms with E-state index in [1.54, 1.807) is 48.5 Å². The summed E-state index contributed by atoms with van der Waals surface area (Å²) in [5.41, 5.74) is 3.03. The van der Waals surface area contributed by atoms with Crippen molar-refractivity contribution in [2.75, 3.05) is 10.6 Å². The van der Waals surface area contributed by atoms with Crippen molar-refractivity contribution < 1.29 is 14.1 Å². The number of benzene rings is 3. The lowest BCUT2D eigenvalue weighted by molar-refractivity contribution is -0.114. The number of hydrogen-bond acceptors (Lipinski definition) is 5. The monoisotopic (exact) mass is 398 g/mol. The van der Waals surface area contributed by atoms with E-state index in [-0.39, 0.29) is 17.7 Å². The maximum atomic E-state index is 12.9. The number of nitrogens with one attached hydrogen (secondary N) is 2. The van der Waals surface area contributed by atoms with Gasteiger partial charge in [-0.2, -0.15) is 4.98 Å². The van der Waals surface area contributed by atoms with Crippen LogP contribution in [0.3, 0.4) is 0 Å². The lowest BCUT2D eigenvalue weighted by Gasteiger charge is -2.09. The third-order valence-corrected chi connectivity index (χ3v) is 4.32. The fraction of sp³-hybridized carbons (Fsp3) is 0.0435. The van der Waals surface area contributed by atoms with Gasteiger partial charge in [0.2, 0.25) is 11.7 Å². The molecule has 0 aliphatic heterocycles. The van der Waals surface area contributed by atoms with Crippen LogP contribution in [-0.4, -0.2) is 22.0 Å². The first-order valence-electron chi connectivity index (χ1n) is 9.28. The zero-order chi connectivity index (χ0) is 20.9. The number of nitrogens with zero attached hydrogens (tertiary/aromatic N) is 2. The van der Waals surface area contributed by atoms with Crippen LogP contribution >= 0.6 is 0 Å². The van der Waals surface area contributed by atoms with Gasteiger partial charge in [-0.25, -0.2) is 0 Å². The second kappa shape index (κ2) is 8.40. The van der Waals surface area contributed by atoms with Crippen LogP contribution < -0.4 is 10.6 Å². The average molecular weight is 398 g/mol. The predicted molar refractivity (Wildman–Crippen MR) is 114 cm³/mol. The molecular formula is C23H18N4O3. The van der Waals surface area contributed by atoms with Crippen LogP contribution in [0.1, 0.15) is 17.3 Å². The largest absolute Gasteiger partial charge is 0.334 e. The Kier molecular flexibility index (Phi) is 5.34. The lowest BCUT2D eigenvalue weighted by atomic mass is 10.1. The van der Waals surface area contributed by atoms with Crippen molar-refractivity contribution in [3.05, 3.63) is 84.4 Å². The van der Waals surface area contributed by atoms with E-state index in [1.807, 2.05) is 30.3 Å². The molecule has 0 fully saturated rings. The Labute approximate surface area is 172 Å². The van der Waals surface area contributed by atoms with Crippen molar-refractivity contribution in [3.8, 4) is 22.8 Å². The Hall–Kier alpha value is -4.26. The molecule has 0 spiro atoms. The van der Waals surface area contributed by atoms with E-state index in [0.29, 0.717) is 28.3 Å². The van der Waals surface area contributed by atoms with Gasteiger partial charge in [-0.15, -0.1) is 0 Å². The Morgan fingerprint density at radius 2 is 1.43 bits per heavy atom. The van der Waals surface area contributed by atoms with E-state index in [1.165, 1.54) is 6.92 Å². The van der Waals surface area contributed by atoms with Crippen LogP contribution in [-0.2, 0) is 4.79 Å². The summed E-state index contributed by atoms with van der Waals surface area (Å²) in [6.07, 6.45) is 0. The molecule has 7 heteroatoms. The molecule has 148 valence electrons. The first-order valence-corrected chi connectivity index (χ1v) is 9.28. The molecule has 0 atom stereocenters. The third-order valence-electron chi connectivity index (χ3n) is 4.32. The molecule has 0 saturated heterocycles. The maximum Gasteiger partial charge on any atom is 0.259 e. The van der Waals surface area contributed by atoms with E-state index < -0.39 is 0 Å². The van der Waals surface area contributed by atoms with Crippen molar-refractivity contribution in [3.63, 3.8) is 0 Å². The number of anilines is 2. The highest BCUT2D eigenvalue weighted by Crippen LogP contribution is 2.26. The molecule has 1 aromatic heterocycles. The zero-order valence-electron chi connectivity index (χ0n) is 16.1. The predicted octanol–water partition coefficient (Wildman–Crippen LogP) is 4.61. The van der Waals surface area contributed by atoms with Crippen molar-refractivity contribution in [1.29, 1.82) is 0 Å². The minimum absolute atomic E-state index is 0.157. The van der Waals surface area contributed by atoms with Gasteiger partial charge in [-0.1, -0.05) is 47.6 Å². The molecule has 4 aromatic rings. The summed E-state index contributed by atoms with van der Waals surface area (Å²) < 4.78 is 5.42. The molecule has 0 aliphatic rings. The summed E-state index contributed by atoms with van der Waals surface area (Å²) >= 11 is 0. The van der Waals surface area contributed by atoms with Gasteiger partial charge < -0.3 is 15.2 Å². The Morgan fingerprint density at radius 1 is 0.800 bits per heavy atom. The first kappa shape index (κ1) is 19.1. The number of amides is 2. The second-order valence-corrected chi connectivity index (χ2v) is 6.55. The van der Waals surface area contributed by atoms with E-state index in [4.69, 9.17) is 4.52 Å². The zero-order valence-corrected chi connectivity index (χ0v) is 16.1. The number of aromatic nitrogens is 2. The highest BCUT2D eigenvalue weighted by molar-refractivity contribution is 6.08. The van der Waals surface area contributed by atoms with Crippen molar-refractivity contribution in [1.82, 2.24) is 10.1 Å². The Balaban J connectivity index is 1.57. The standard InChI is InChI=1S/C23H18N4O3/c1-15(28)24-17-11-13-18(14-12-17)25-22(29)19-9-5-6-10-20(19)23-26-21(27-30-23)16-7-3-2-4-8-16/h2-14H,1H3,(H,24,28)(H,25,29). The van der Waals surface area contributed by atoms with Gasteiger partial charge in [0.15, 0.2) is 0 Å². The van der Waals surface area contributed by atoms with Crippen LogP contribution in [0, 0.1) is 0 Å². The van der Waals surface area contributed by atoms with E-state index in [2.05, 4.69) is 20.8 Å². The highest BCUT2D eigenvalue weighted by Gasteiger charge is 2.18. The fourth-order valence-electron chi connectivity index (χ4n) is 2.94. The van der Waals surface area contributed by atoms with Gasteiger partial charge in [0, 0.05) is 23.9 Å². The molecule has 0 bridgehead atoms. The summed E-state index contributed by atoms with van der Waals surface area (Å²) in [6.45, 7) is 1.44. The molecule has 30 heavy (non-hydrogen) atoms. The van der Waals surface area contributed by atoms with Gasteiger partial charge in [-0.3, -0.25) is 9.59 Å². The Bertz CT molecular complexity index is 1180. The molecule has 4 rings (SSSR count). The quantitative estimate of drug-likeness (QED) is 0.511. The normalized spacial score (nSPS) is 10.4. The minimum Gasteiger partial charge on any atom is -0.334 e. The molecule has 0 saturated carbocycles. The maximum absolute atomic E-state index is 12.9. The van der Waals surface area contributed by atoms with Crippen LogP contribution in [0.4, 0.5) is 11.4 Å². The van der Waals surface area contributed by atoms with Gasteiger partial charge in [0.05, 0.1) is 11.1 Å². The first-order chi connectivity index (χ1) is 14.6. The van der Waals surface area contributed by atoms with Crippen molar-refractivity contribution in [2.45, 2.75) is 6.92 Å². The highest BCUT2D eigenvalue weighted by atomic mass is 16.5. The van der Waals surface area contributed by atoms with Crippen molar-refractivity contribution >= 4 is 23.2 Å². The molecular weight excluding hydrogens is 380 g/mol. The topological polar surface area (TPSA) is 97.1 Å². The molecule has 2 amide bonds. The van der Waals surface area contributed by atoms with Crippen LogP contribution in [0.2, 0.25) is 0 Å². The molecule has 3 aromatic carbocycles. The summed E-state index contributed by atoms with van der Waals surface area (Å²) in [4.78, 5) is 28.4. The number of hydrogen-bond donors (Lipinski definition) is 2. The fourth-order valence-corrected chi connectivity index (χ4v) is 2.94. The smallest absolute Gasteiger partial charge is 0.259 e.